The van der Waals surface area contributed by atoms with Gasteiger partial charge in [-0.15, -0.1) is 0 Å². The first-order valence-corrected chi connectivity index (χ1v) is 10.5. The molecule has 5 fully saturated rings. The summed E-state index contributed by atoms with van der Waals surface area (Å²) in [6, 6.07) is 0. The Labute approximate surface area is 165 Å². The predicted octanol–water partition coefficient (Wildman–Crippen LogP) is 2.53. The van der Waals surface area contributed by atoms with Gasteiger partial charge in [0.25, 0.3) is 0 Å². The van der Waals surface area contributed by atoms with Crippen LogP contribution in [0.2, 0.25) is 0 Å². The van der Waals surface area contributed by atoms with E-state index in [0.29, 0.717) is 12.0 Å². The standard InChI is InChI=1S/C22H30O6/c1-12-17-14(27-18(12)24)9-21(11-26-13(2)23)8-7-19(3)10-16-20(4,28-16)6-5-15(19)22(17,21)25/h14-17,25H,1,5-11H2,2-4H3. The van der Waals surface area contributed by atoms with Crippen molar-refractivity contribution < 1.29 is 28.9 Å². The maximum Gasteiger partial charge on any atom is 0.334 e. The average Bonchev–Trinajstić information content (AvgIpc) is 3.05. The Hall–Kier alpha value is -1.40. The molecule has 0 spiro atoms. The van der Waals surface area contributed by atoms with E-state index in [0.717, 1.165) is 32.1 Å². The van der Waals surface area contributed by atoms with E-state index in [1.807, 2.05) is 0 Å². The van der Waals surface area contributed by atoms with Crippen LogP contribution in [0, 0.1) is 22.7 Å². The van der Waals surface area contributed by atoms with Gasteiger partial charge in [0.05, 0.1) is 29.8 Å². The second-order valence-corrected chi connectivity index (χ2v) is 10.4. The molecule has 2 heterocycles. The van der Waals surface area contributed by atoms with Crippen molar-refractivity contribution in [3.05, 3.63) is 12.2 Å². The lowest BCUT2D eigenvalue weighted by atomic mass is 9.48. The van der Waals surface area contributed by atoms with Gasteiger partial charge in [-0.2, -0.15) is 0 Å². The highest BCUT2D eigenvalue weighted by Gasteiger charge is 2.76. The van der Waals surface area contributed by atoms with Crippen molar-refractivity contribution in [1.29, 1.82) is 0 Å². The number of epoxide rings is 1. The fraction of sp³-hybridized carbons (Fsp3) is 0.818. The van der Waals surface area contributed by atoms with Gasteiger partial charge < -0.3 is 19.3 Å². The summed E-state index contributed by atoms with van der Waals surface area (Å²) in [4.78, 5) is 23.9. The van der Waals surface area contributed by atoms with Gasteiger partial charge in [-0.1, -0.05) is 13.5 Å². The lowest BCUT2D eigenvalue weighted by molar-refractivity contribution is -0.215. The first-order valence-electron chi connectivity index (χ1n) is 10.5. The van der Waals surface area contributed by atoms with Crippen LogP contribution in [0.15, 0.2) is 12.2 Å². The van der Waals surface area contributed by atoms with Crippen molar-refractivity contribution in [2.75, 3.05) is 6.61 Å². The lowest BCUT2D eigenvalue weighted by Crippen LogP contribution is -2.63. The highest BCUT2D eigenvalue weighted by Crippen LogP contribution is 2.71. The number of aliphatic hydroxyl groups is 1. The van der Waals surface area contributed by atoms with E-state index < -0.39 is 22.9 Å². The molecule has 154 valence electrons. The molecule has 5 rings (SSSR count). The van der Waals surface area contributed by atoms with Crippen LogP contribution in [-0.4, -0.2) is 47.1 Å². The van der Waals surface area contributed by atoms with Gasteiger partial charge in [-0.05, 0) is 56.8 Å². The molecule has 28 heavy (non-hydrogen) atoms. The summed E-state index contributed by atoms with van der Waals surface area (Å²) in [7, 11) is 0. The molecule has 3 aliphatic carbocycles. The van der Waals surface area contributed by atoms with E-state index in [1.54, 1.807) is 0 Å². The maximum atomic E-state index is 12.5. The highest BCUT2D eigenvalue weighted by atomic mass is 16.6. The molecule has 8 unspecified atom stereocenters. The van der Waals surface area contributed by atoms with Crippen LogP contribution in [0.5, 0.6) is 0 Å². The molecular weight excluding hydrogens is 360 g/mol. The zero-order chi connectivity index (χ0) is 20.1. The first kappa shape index (κ1) is 18.6. The van der Waals surface area contributed by atoms with Gasteiger partial charge in [-0.25, -0.2) is 4.79 Å². The van der Waals surface area contributed by atoms with Crippen LogP contribution in [0.25, 0.3) is 0 Å². The molecular formula is C22H30O6. The van der Waals surface area contributed by atoms with Gasteiger partial charge in [0.1, 0.15) is 6.10 Å². The first-order chi connectivity index (χ1) is 13.0. The van der Waals surface area contributed by atoms with Gasteiger partial charge in [-0.3, -0.25) is 4.79 Å². The van der Waals surface area contributed by atoms with Crippen molar-refractivity contribution >= 4 is 11.9 Å². The van der Waals surface area contributed by atoms with E-state index in [9.17, 15) is 14.7 Å². The van der Waals surface area contributed by atoms with Gasteiger partial charge in [0.15, 0.2) is 0 Å². The minimum Gasteiger partial charge on any atom is -0.465 e. The quantitative estimate of drug-likeness (QED) is 0.443. The number of hydrogen-bond donors (Lipinski definition) is 1. The normalized spacial score (nSPS) is 54.0. The summed E-state index contributed by atoms with van der Waals surface area (Å²) in [6.45, 7) is 9.98. The topological polar surface area (TPSA) is 85.4 Å². The number of ether oxygens (including phenoxy) is 3. The van der Waals surface area contributed by atoms with E-state index >= 15 is 0 Å². The summed E-state index contributed by atoms with van der Waals surface area (Å²) >= 11 is 0. The van der Waals surface area contributed by atoms with Gasteiger partial charge >= 0.3 is 11.9 Å². The summed E-state index contributed by atoms with van der Waals surface area (Å²) in [5.41, 5.74) is -1.58. The maximum absolute atomic E-state index is 12.5. The molecule has 0 amide bonds. The van der Waals surface area contributed by atoms with E-state index in [1.165, 1.54) is 6.92 Å². The van der Waals surface area contributed by atoms with Crippen molar-refractivity contribution in [2.24, 2.45) is 22.7 Å². The van der Waals surface area contributed by atoms with E-state index in [4.69, 9.17) is 14.2 Å². The molecule has 0 aromatic rings. The fourth-order valence-corrected chi connectivity index (χ4v) is 7.26. The van der Waals surface area contributed by atoms with Gasteiger partial charge in [0.2, 0.25) is 0 Å². The van der Waals surface area contributed by atoms with E-state index in [2.05, 4.69) is 20.4 Å². The zero-order valence-electron chi connectivity index (χ0n) is 17.0. The van der Waals surface area contributed by atoms with Crippen LogP contribution in [0.3, 0.4) is 0 Å². The van der Waals surface area contributed by atoms with Crippen LogP contribution in [-0.2, 0) is 23.8 Å². The molecule has 2 saturated heterocycles. The Morgan fingerprint density at radius 2 is 2.04 bits per heavy atom. The molecule has 0 radical (unpaired) electrons. The van der Waals surface area contributed by atoms with Crippen molar-refractivity contribution in [1.82, 2.24) is 0 Å². The Balaban J connectivity index is 1.60. The van der Waals surface area contributed by atoms with Crippen molar-refractivity contribution in [3.8, 4) is 0 Å². The Morgan fingerprint density at radius 1 is 1.29 bits per heavy atom. The lowest BCUT2D eigenvalue weighted by Gasteiger charge is -2.59. The monoisotopic (exact) mass is 390 g/mol. The zero-order valence-corrected chi connectivity index (χ0v) is 17.0. The summed E-state index contributed by atoms with van der Waals surface area (Å²) < 4.78 is 17.1. The third kappa shape index (κ3) is 2.16. The molecule has 6 nitrogen and oxygen atoms in total. The summed E-state index contributed by atoms with van der Waals surface area (Å²) in [6.07, 6.45) is 4.70. The number of hydrogen-bond acceptors (Lipinski definition) is 6. The SMILES string of the molecule is C=C1C(=O)OC2CC3(COC(C)=O)CCC4(C)CC5OC5(C)CCC4C3(O)C12. The second kappa shape index (κ2) is 5.39. The fourth-order valence-electron chi connectivity index (χ4n) is 7.26. The molecule has 8 atom stereocenters. The van der Waals surface area contributed by atoms with Crippen LogP contribution in [0.1, 0.15) is 59.3 Å². The largest absolute Gasteiger partial charge is 0.465 e. The molecule has 0 aromatic heterocycles. The third-order valence-corrected chi connectivity index (χ3v) is 8.90. The third-order valence-electron chi connectivity index (χ3n) is 8.90. The number of esters is 2. The van der Waals surface area contributed by atoms with Crippen LogP contribution < -0.4 is 0 Å². The highest BCUT2D eigenvalue weighted by molar-refractivity contribution is 5.91. The second-order valence-electron chi connectivity index (χ2n) is 10.4. The van der Waals surface area contributed by atoms with Gasteiger partial charge in [0, 0.05) is 17.9 Å². The molecule has 3 saturated carbocycles. The van der Waals surface area contributed by atoms with Crippen molar-refractivity contribution in [3.63, 3.8) is 0 Å². The van der Waals surface area contributed by atoms with Crippen molar-refractivity contribution in [2.45, 2.75) is 82.7 Å². The average molecular weight is 390 g/mol. The summed E-state index contributed by atoms with van der Waals surface area (Å²) in [5, 5.41) is 12.5. The molecule has 0 bridgehead atoms. The van der Waals surface area contributed by atoms with E-state index in [-0.39, 0.29) is 41.7 Å². The molecule has 6 heteroatoms. The van der Waals surface area contributed by atoms with Crippen LogP contribution >= 0.6 is 0 Å². The smallest absolute Gasteiger partial charge is 0.334 e. The number of carbonyl (C=O) groups is 2. The number of carbonyl (C=O) groups excluding carboxylic acids is 2. The Morgan fingerprint density at radius 3 is 2.75 bits per heavy atom. The Bertz CT molecular complexity index is 777. The minimum atomic E-state index is -1.17. The predicted molar refractivity (Wildman–Crippen MR) is 99.1 cm³/mol. The minimum absolute atomic E-state index is 0.0150. The number of rotatable bonds is 2. The molecule has 2 aliphatic heterocycles. The molecule has 1 N–H and O–H groups in total. The number of fused-ring (bicyclic) bond motifs is 6. The molecule has 5 aliphatic rings. The molecule has 0 aromatic carbocycles. The summed E-state index contributed by atoms with van der Waals surface area (Å²) in [5.74, 6) is -1.19. The Kier molecular flexibility index (Phi) is 3.59. The van der Waals surface area contributed by atoms with Crippen LogP contribution in [0.4, 0.5) is 0 Å².